The molecular formula is C25H29FN6O. The Morgan fingerprint density at radius 3 is 2.58 bits per heavy atom. The van der Waals surface area contributed by atoms with Crippen molar-refractivity contribution in [3.63, 3.8) is 0 Å². The average Bonchev–Trinajstić information content (AvgIpc) is 2.84. The van der Waals surface area contributed by atoms with Crippen LogP contribution in [0.1, 0.15) is 64.5 Å². The van der Waals surface area contributed by atoms with E-state index in [4.69, 9.17) is 0 Å². The third-order valence-electron chi connectivity index (χ3n) is 5.96. The zero-order valence-corrected chi connectivity index (χ0v) is 19.1. The summed E-state index contributed by atoms with van der Waals surface area (Å²) in [4.78, 5) is 33.0. The fourth-order valence-electron chi connectivity index (χ4n) is 4.10. The maximum Gasteiger partial charge on any atom is 0.254 e. The first-order chi connectivity index (χ1) is 16.0. The van der Waals surface area contributed by atoms with Crippen molar-refractivity contribution in [2.75, 3.05) is 13.1 Å². The van der Waals surface area contributed by atoms with Crippen molar-refractivity contribution in [3.05, 3.63) is 82.7 Å². The molecule has 3 heterocycles. The lowest BCUT2D eigenvalue weighted by Crippen LogP contribution is -2.35. The van der Waals surface area contributed by atoms with E-state index >= 15 is 0 Å². The fourth-order valence-corrected chi connectivity index (χ4v) is 4.10. The smallest absolute Gasteiger partial charge is 0.254 e. The fraction of sp³-hybridized carbons (Fsp3) is 0.400. The summed E-state index contributed by atoms with van der Waals surface area (Å²) in [5, 5.41) is 2.86. The van der Waals surface area contributed by atoms with Crippen LogP contribution < -0.4 is 5.32 Å². The molecule has 1 aliphatic heterocycles. The Morgan fingerprint density at radius 1 is 1.12 bits per heavy atom. The summed E-state index contributed by atoms with van der Waals surface area (Å²) >= 11 is 0. The van der Waals surface area contributed by atoms with Crippen LogP contribution in [0.5, 0.6) is 0 Å². The molecule has 1 fully saturated rings. The van der Waals surface area contributed by atoms with E-state index in [2.05, 4.69) is 30.2 Å². The van der Waals surface area contributed by atoms with Crippen molar-refractivity contribution < 1.29 is 9.18 Å². The topological polar surface area (TPSA) is 83.9 Å². The molecule has 0 spiro atoms. The average molecular weight is 449 g/mol. The van der Waals surface area contributed by atoms with Crippen LogP contribution >= 0.6 is 0 Å². The second-order valence-corrected chi connectivity index (χ2v) is 8.47. The minimum absolute atomic E-state index is 0.226. The lowest BCUT2D eigenvalue weighted by Gasteiger charge is -2.32. The zero-order valence-electron chi connectivity index (χ0n) is 19.1. The molecule has 0 saturated carbocycles. The predicted octanol–water partition coefficient (Wildman–Crippen LogP) is 3.59. The Bertz CT molecular complexity index is 1090. The van der Waals surface area contributed by atoms with Crippen molar-refractivity contribution in [3.8, 4) is 0 Å². The van der Waals surface area contributed by atoms with Crippen LogP contribution in [0.25, 0.3) is 0 Å². The summed E-state index contributed by atoms with van der Waals surface area (Å²) in [5.74, 6) is 1.34. The van der Waals surface area contributed by atoms with Crippen LogP contribution in [-0.4, -0.2) is 43.8 Å². The second kappa shape index (κ2) is 10.6. The Hall–Kier alpha value is -3.26. The van der Waals surface area contributed by atoms with Gasteiger partial charge in [-0.25, -0.2) is 24.3 Å². The molecule has 172 valence electrons. The molecule has 7 nitrogen and oxygen atoms in total. The zero-order chi connectivity index (χ0) is 23.2. The molecule has 1 aromatic carbocycles. The largest absolute Gasteiger partial charge is 0.348 e. The molecule has 0 bridgehead atoms. The van der Waals surface area contributed by atoms with E-state index in [1.165, 1.54) is 12.1 Å². The Labute approximate surface area is 193 Å². The van der Waals surface area contributed by atoms with Gasteiger partial charge in [-0.05, 0) is 44.0 Å². The van der Waals surface area contributed by atoms with Gasteiger partial charge < -0.3 is 5.32 Å². The second-order valence-electron chi connectivity index (χ2n) is 8.47. The number of halogens is 1. The summed E-state index contributed by atoms with van der Waals surface area (Å²) in [6.07, 6.45) is 8.38. The number of aromatic nitrogens is 4. The molecule has 0 aliphatic carbocycles. The first kappa shape index (κ1) is 22.9. The monoisotopic (exact) mass is 448 g/mol. The van der Waals surface area contributed by atoms with Gasteiger partial charge in [-0.3, -0.25) is 9.69 Å². The Morgan fingerprint density at radius 2 is 1.88 bits per heavy atom. The van der Waals surface area contributed by atoms with Crippen molar-refractivity contribution in [2.45, 2.75) is 52.1 Å². The normalized spacial score (nSPS) is 16.5. The van der Waals surface area contributed by atoms with E-state index in [1.807, 2.05) is 26.2 Å². The molecule has 1 atom stereocenters. The predicted molar refractivity (Wildman–Crippen MR) is 123 cm³/mol. The van der Waals surface area contributed by atoms with E-state index in [9.17, 15) is 9.18 Å². The summed E-state index contributed by atoms with van der Waals surface area (Å²) in [7, 11) is 0. The number of rotatable bonds is 7. The standard InChI is InChI=1S/C25H29FN6O/c1-3-23-27-12-19(13-28-23)15-32-10-4-5-20(16-32)24-29-14-22(17(2)31-24)25(33)30-11-18-6-8-21(26)9-7-18/h6-9,12-14,20H,3-5,10-11,15-16H2,1-2H3,(H,30,33). The number of carbonyl (C=O) groups excluding carboxylic acids is 1. The van der Waals surface area contributed by atoms with E-state index in [1.54, 1.807) is 18.3 Å². The van der Waals surface area contributed by atoms with Gasteiger partial charge in [-0.2, -0.15) is 0 Å². The number of benzene rings is 1. The van der Waals surface area contributed by atoms with Crippen molar-refractivity contribution >= 4 is 5.91 Å². The summed E-state index contributed by atoms with van der Waals surface area (Å²) < 4.78 is 13.0. The van der Waals surface area contributed by atoms with Crippen molar-refractivity contribution in [1.29, 1.82) is 0 Å². The lowest BCUT2D eigenvalue weighted by molar-refractivity contribution is 0.0949. The van der Waals surface area contributed by atoms with Crippen LogP contribution in [0.3, 0.4) is 0 Å². The molecule has 2 aromatic heterocycles. The number of hydrogen-bond acceptors (Lipinski definition) is 6. The quantitative estimate of drug-likeness (QED) is 0.595. The van der Waals surface area contributed by atoms with Gasteiger partial charge in [0, 0.05) is 56.1 Å². The Kier molecular flexibility index (Phi) is 7.34. The van der Waals surface area contributed by atoms with E-state index in [0.29, 0.717) is 17.8 Å². The van der Waals surface area contributed by atoms with Crippen LogP contribution in [0, 0.1) is 12.7 Å². The van der Waals surface area contributed by atoms with Gasteiger partial charge in [0.1, 0.15) is 17.5 Å². The van der Waals surface area contributed by atoms with Gasteiger partial charge in [0.25, 0.3) is 5.91 Å². The van der Waals surface area contributed by atoms with E-state index < -0.39 is 0 Å². The molecule has 8 heteroatoms. The number of likely N-dealkylation sites (tertiary alicyclic amines) is 1. The van der Waals surface area contributed by atoms with Gasteiger partial charge in [-0.1, -0.05) is 19.1 Å². The van der Waals surface area contributed by atoms with E-state index in [0.717, 1.165) is 61.7 Å². The molecule has 33 heavy (non-hydrogen) atoms. The van der Waals surface area contributed by atoms with Crippen molar-refractivity contribution in [2.24, 2.45) is 0 Å². The number of aryl methyl sites for hydroxylation is 2. The number of hydrogen-bond donors (Lipinski definition) is 1. The van der Waals surface area contributed by atoms with Gasteiger partial charge in [0.2, 0.25) is 0 Å². The number of nitrogens with zero attached hydrogens (tertiary/aromatic N) is 5. The minimum atomic E-state index is -0.297. The molecule has 3 aromatic rings. The highest BCUT2D eigenvalue weighted by molar-refractivity contribution is 5.94. The molecule has 1 amide bonds. The molecule has 1 unspecified atom stereocenters. The maximum absolute atomic E-state index is 13.0. The first-order valence-electron chi connectivity index (χ1n) is 11.4. The first-order valence-corrected chi connectivity index (χ1v) is 11.4. The molecular weight excluding hydrogens is 419 g/mol. The third-order valence-corrected chi connectivity index (χ3v) is 5.96. The molecule has 4 rings (SSSR count). The van der Waals surface area contributed by atoms with Gasteiger partial charge in [-0.15, -0.1) is 0 Å². The highest BCUT2D eigenvalue weighted by atomic mass is 19.1. The Balaban J connectivity index is 1.36. The molecule has 0 radical (unpaired) electrons. The molecule has 1 aliphatic rings. The van der Waals surface area contributed by atoms with Gasteiger partial charge >= 0.3 is 0 Å². The molecule has 1 saturated heterocycles. The number of nitrogens with one attached hydrogen (secondary N) is 1. The summed E-state index contributed by atoms with van der Waals surface area (Å²) in [6, 6.07) is 6.07. The minimum Gasteiger partial charge on any atom is -0.348 e. The summed E-state index contributed by atoms with van der Waals surface area (Å²) in [6.45, 7) is 6.90. The highest BCUT2D eigenvalue weighted by Crippen LogP contribution is 2.26. The SMILES string of the molecule is CCc1ncc(CN2CCCC(c3ncc(C(=O)NCc4ccc(F)cc4)c(C)n3)C2)cn1. The molecule has 1 N–H and O–H groups in total. The van der Waals surface area contributed by atoms with Crippen LogP contribution in [0.15, 0.2) is 42.9 Å². The van der Waals surface area contributed by atoms with Crippen LogP contribution in [0.2, 0.25) is 0 Å². The maximum atomic E-state index is 13.0. The number of piperidine rings is 1. The van der Waals surface area contributed by atoms with Crippen LogP contribution in [0.4, 0.5) is 4.39 Å². The van der Waals surface area contributed by atoms with Crippen molar-refractivity contribution in [1.82, 2.24) is 30.2 Å². The number of amides is 1. The third kappa shape index (κ3) is 5.96. The highest BCUT2D eigenvalue weighted by Gasteiger charge is 2.24. The van der Waals surface area contributed by atoms with Gasteiger partial charge in [0.05, 0.1) is 11.3 Å². The lowest BCUT2D eigenvalue weighted by atomic mass is 9.96. The van der Waals surface area contributed by atoms with Crippen LogP contribution in [-0.2, 0) is 19.5 Å². The number of carbonyl (C=O) groups is 1. The summed E-state index contributed by atoms with van der Waals surface area (Å²) in [5.41, 5.74) is 3.06. The van der Waals surface area contributed by atoms with E-state index in [-0.39, 0.29) is 17.6 Å². The van der Waals surface area contributed by atoms with Gasteiger partial charge in [0.15, 0.2) is 0 Å².